The summed E-state index contributed by atoms with van der Waals surface area (Å²) in [5.74, 6) is 0. The van der Waals surface area contributed by atoms with Gasteiger partial charge < -0.3 is 10.6 Å². The Balaban J connectivity index is 1.51. The lowest BCUT2D eigenvalue weighted by Crippen LogP contribution is -2.29. The van der Waals surface area contributed by atoms with Crippen LogP contribution < -0.4 is 10.6 Å². The van der Waals surface area contributed by atoms with E-state index < -0.39 is 4.92 Å². The fourth-order valence-corrected chi connectivity index (χ4v) is 3.26. The molecule has 2 N–H and O–H groups in total. The van der Waals surface area contributed by atoms with E-state index in [0.717, 1.165) is 12.2 Å². The van der Waals surface area contributed by atoms with E-state index in [4.69, 9.17) is 12.2 Å². The monoisotopic (exact) mass is 370 g/mol. The van der Waals surface area contributed by atoms with Crippen LogP contribution in [0.1, 0.15) is 24.8 Å². The van der Waals surface area contributed by atoms with Crippen molar-refractivity contribution in [1.82, 2.24) is 4.90 Å². The normalized spacial score (nSPS) is 14.6. The zero-order valence-electron chi connectivity index (χ0n) is 14.5. The molecule has 1 heterocycles. The Morgan fingerprint density at radius 2 is 1.50 bits per heavy atom. The zero-order valence-corrected chi connectivity index (χ0v) is 15.3. The lowest BCUT2D eigenvalue weighted by atomic mass is 10.1. The summed E-state index contributed by atoms with van der Waals surface area (Å²) in [6.07, 6.45) is 3.93. The molecule has 0 aromatic heterocycles. The molecule has 2 aromatic carbocycles. The molecule has 1 aliphatic rings. The minimum atomic E-state index is -0.425. The number of nitrogens with zero attached hydrogens (tertiary/aromatic N) is 2. The second-order valence-electron chi connectivity index (χ2n) is 6.42. The largest absolute Gasteiger partial charge is 0.332 e. The highest BCUT2D eigenvalue weighted by atomic mass is 32.1. The predicted molar refractivity (Wildman–Crippen MR) is 109 cm³/mol. The van der Waals surface area contributed by atoms with E-state index in [9.17, 15) is 10.1 Å². The molecule has 0 aliphatic carbocycles. The van der Waals surface area contributed by atoms with Gasteiger partial charge in [0.2, 0.25) is 0 Å². The van der Waals surface area contributed by atoms with Gasteiger partial charge in [-0.3, -0.25) is 15.0 Å². The Morgan fingerprint density at radius 3 is 2.04 bits per heavy atom. The summed E-state index contributed by atoms with van der Waals surface area (Å²) < 4.78 is 0. The van der Waals surface area contributed by atoms with Gasteiger partial charge in [-0.05, 0) is 68.0 Å². The molecule has 0 spiro atoms. The third kappa shape index (κ3) is 5.24. The quantitative estimate of drug-likeness (QED) is 0.462. The van der Waals surface area contributed by atoms with Crippen LogP contribution in [0.3, 0.4) is 0 Å². The number of non-ortho nitro benzene ring substituents is 1. The fourth-order valence-electron chi connectivity index (χ4n) is 3.03. The van der Waals surface area contributed by atoms with Crippen molar-refractivity contribution in [2.75, 3.05) is 23.7 Å². The molecule has 2 aromatic rings. The van der Waals surface area contributed by atoms with E-state index in [1.165, 1.54) is 50.0 Å². The number of nitro groups is 1. The molecule has 0 bridgehead atoms. The van der Waals surface area contributed by atoms with Gasteiger partial charge in [-0.25, -0.2) is 0 Å². The van der Waals surface area contributed by atoms with Crippen LogP contribution in [-0.2, 0) is 6.54 Å². The van der Waals surface area contributed by atoms with Crippen molar-refractivity contribution in [3.8, 4) is 0 Å². The molecule has 0 radical (unpaired) electrons. The maximum Gasteiger partial charge on any atom is 0.269 e. The van der Waals surface area contributed by atoms with Gasteiger partial charge in [0, 0.05) is 30.1 Å². The van der Waals surface area contributed by atoms with Crippen LogP contribution in [0.2, 0.25) is 0 Å². The Hall–Kier alpha value is -2.51. The molecule has 3 rings (SSSR count). The van der Waals surface area contributed by atoms with Gasteiger partial charge >= 0.3 is 0 Å². The minimum Gasteiger partial charge on any atom is -0.332 e. The summed E-state index contributed by atoms with van der Waals surface area (Å²) in [6.45, 7) is 3.36. The summed E-state index contributed by atoms with van der Waals surface area (Å²) in [5.41, 5.74) is 2.96. The van der Waals surface area contributed by atoms with Crippen LogP contribution >= 0.6 is 12.2 Å². The number of nitro benzene ring substituents is 1. The average Bonchev–Trinajstić information content (AvgIpc) is 2.64. The van der Waals surface area contributed by atoms with Gasteiger partial charge in [-0.2, -0.15) is 0 Å². The summed E-state index contributed by atoms with van der Waals surface area (Å²) >= 11 is 5.30. The molecule has 1 saturated heterocycles. The van der Waals surface area contributed by atoms with E-state index in [2.05, 4.69) is 27.7 Å². The first kappa shape index (κ1) is 18.3. The second-order valence-corrected chi connectivity index (χ2v) is 6.83. The van der Waals surface area contributed by atoms with Crippen molar-refractivity contribution in [2.45, 2.75) is 25.8 Å². The van der Waals surface area contributed by atoms with E-state index in [1.54, 1.807) is 12.1 Å². The smallest absolute Gasteiger partial charge is 0.269 e. The number of nitrogens with one attached hydrogen (secondary N) is 2. The number of benzene rings is 2. The van der Waals surface area contributed by atoms with Crippen LogP contribution in [0.25, 0.3) is 0 Å². The molecule has 0 unspecified atom stereocenters. The number of piperidine rings is 1. The Labute approximate surface area is 158 Å². The molecule has 0 atom stereocenters. The van der Waals surface area contributed by atoms with E-state index in [-0.39, 0.29) is 5.69 Å². The average molecular weight is 370 g/mol. The van der Waals surface area contributed by atoms with Crippen LogP contribution in [0.15, 0.2) is 48.5 Å². The first-order chi connectivity index (χ1) is 12.6. The van der Waals surface area contributed by atoms with Crippen LogP contribution in [0, 0.1) is 10.1 Å². The van der Waals surface area contributed by atoms with E-state index in [0.29, 0.717) is 10.8 Å². The highest BCUT2D eigenvalue weighted by Gasteiger charge is 2.10. The molecular formula is C19H22N4O2S. The Morgan fingerprint density at radius 1 is 0.962 bits per heavy atom. The van der Waals surface area contributed by atoms with Crippen molar-refractivity contribution in [3.63, 3.8) is 0 Å². The van der Waals surface area contributed by atoms with E-state index in [1.807, 2.05) is 12.1 Å². The molecule has 0 amide bonds. The second kappa shape index (κ2) is 8.73. The molecule has 7 heteroatoms. The topological polar surface area (TPSA) is 70.4 Å². The van der Waals surface area contributed by atoms with Gasteiger partial charge in [0.1, 0.15) is 0 Å². The maximum absolute atomic E-state index is 10.7. The van der Waals surface area contributed by atoms with Crippen LogP contribution in [-0.4, -0.2) is 28.0 Å². The molecule has 26 heavy (non-hydrogen) atoms. The fraction of sp³-hybridized carbons (Fsp3) is 0.316. The standard InChI is InChI=1S/C19H22N4O2S/c24-23(25)18-10-8-17(9-11-18)21-19(26)20-16-6-4-15(5-7-16)14-22-12-2-1-3-13-22/h4-11H,1-3,12-14H2,(H2,20,21,26). The predicted octanol–water partition coefficient (Wildman–Crippen LogP) is 4.39. The highest BCUT2D eigenvalue weighted by molar-refractivity contribution is 7.80. The van der Waals surface area contributed by atoms with Gasteiger partial charge in [0.25, 0.3) is 5.69 Å². The number of hydrogen-bond acceptors (Lipinski definition) is 4. The lowest BCUT2D eigenvalue weighted by Gasteiger charge is -2.26. The molecule has 0 saturated carbocycles. The number of thiocarbonyl (C=S) groups is 1. The summed E-state index contributed by atoms with van der Waals surface area (Å²) in [7, 11) is 0. The molecular weight excluding hydrogens is 348 g/mol. The van der Waals surface area contributed by atoms with E-state index >= 15 is 0 Å². The summed E-state index contributed by atoms with van der Waals surface area (Å²) in [6, 6.07) is 14.4. The minimum absolute atomic E-state index is 0.0544. The van der Waals surface area contributed by atoms with Crippen molar-refractivity contribution >= 4 is 34.4 Å². The SMILES string of the molecule is O=[N+]([O-])c1ccc(NC(=S)Nc2ccc(CN3CCCCC3)cc2)cc1. The maximum atomic E-state index is 10.7. The Kier molecular flexibility index (Phi) is 6.14. The van der Waals surface area contributed by atoms with Crippen LogP contribution in [0.5, 0.6) is 0 Å². The number of rotatable bonds is 5. The van der Waals surface area contributed by atoms with Gasteiger partial charge in [0.15, 0.2) is 5.11 Å². The van der Waals surface area contributed by atoms with Crippen molar-refractivity contribution in [1.29, 1.82) is 0 Å². The molecule has 1 fully saturated rings. The van der Waals surface area contributed by atoms with Gasteiger partial charge in [-0.15, -0.1) is 0 Å². The summed E-state index contributed by atoms with van der Waals surface area (Å²) in [5, 5.41) is 17.3. The first-order valence-corrected chi connectivity index (χ1v) is 9.15. The molecule has 6 nitrogen and oxygen atoms in total. The first-order valence-electron chi connectivity index (χ1n) is 8.74. The highest BCUT2D eigenvalue weighted by Crippen LogP contribution is 2.17. The van der Waals surface area contributed by atoms with Gasteiger partial charge in [-0.1, -0.05) is 18.6 Å². The third-order valence-electron chi connectivity index (χ3n) is 4.40. The number of hydrogen-bond donors (Lipinski definition) is 2. The summed E-state index contributed by atoms with van der Waals surface area (Å²) in [4.78, 5) is 12.7. The van der Waals surface area contributed by atoms with Crippen molar-refractivity contribution < 1.29 is 4.92 Å². The lowest BCUT2D eigenvalue weighted by molar-refractivity contribution is -0.384. The zero-order chi connectivity index (χ0) is 18.4. The molecule has 1 aliphatic heterocycles. The molecule has 136 valence electrons. The van der Waals surface area contributed by atoms with Crippen molar-refractivity contribution in [2.24, 2.45) is 0 Å². The number of anilines is 2. The van der Waals surface area contributed by atoms with Gasteiger partial charge in [0.05, 0.1) is 4.92 Å². The Bertz CT molecular complexity index is 756. The van der Waals surface area contributed by atoms with Crippen LogP contribution in [0.4, 0.5) is 17.1 Å². The third-order valence-corrected chi connectivity index (χ3v) is 4.61. The van der Waals surface area contributed by atoms with Crippen molar-refractivity contribution in [3.05, 3.63) is 64.2 Å². The number of likely N-dealkylation sites (tertiary alicyclic amines) is 1.